The quantitative estimate of drug-likeness (QED) is 0.864. The Morgan fingerprint density at radius 2 is 1.76 bits per heavy atom. The molecule has 0 saturated carbocycles. The number of anilines is 1. The van der Waals surface area contributed by atoms with Gasteiger partial charge < -0.3 is 4.74 Å². The van der Waals surface area contributed by atoms with Crippen LogP contribution in [0.3, 0.4) is 0 Å². The number of para-hydroxylation sites is 2. The predicted molar refractivity (Wildman–Crippen MR) is 79.8 cm³/mol. The second-order valence-electron chi connectivity index (χ2n) is 4.55. The van der Waals surface area contributed by atoms with Crippen LogP contribution in [0.1, 0.15) is 15.9 Å². The van der Waals surface area contributed by atoms with E-state index in [1.807, 2.05) is 30.3 Å². The van der Waals surface area contributed by atoms with Gasteiger partial charge in [-0.1, -0.05) is 36.9 Å². The van der Waals surface area contributed by atoms with Gasteiger partial charge in [0.15, 0.2) is 6.61 Å². The summed E-state index contributed by atoms with van der Waals surface area (Å²) < 4.78 is 5.40. The van der Waals surface area contributed by atoms with Crippen LogP contribution < -0.4 is 9.64 Å². The van der Waals surface area contributed by atoms with E-state index in [1.54, 1.807) is 24.3 Å². The zero-order valence-corrected chi connectivity index (χ0v) is 11.2. The van der Waals surface area contributed by atoms with Gasteiger partial charge in [0.25, 0.3) is 5.91 Å². The van der Waals surface area contributed by atoms with Crippen LogP contribution in [0, 0.1) is 11.3 Å². The number of amides is 1. The Labute approximate surface area is 122 Å². The normalized spacial score (nSPS) is 13.0. The molecule has 0 atom stereocenters. The Bertz CT molecular complexity index is 739. The van der Waals surface area contributed by atoms with Crippen LogP contribution in [0.2, 0.25) is 0 Å². The first-order valence-electron chi connectivity index (χ1n) is 6.45. The van der Waals surface area contributed by atoms with Crippen LogP contribution in [0.15, 0.2) is 55.1 Å². The summed E-state index contributed by atoms with van der Waals surface area (Å²) >= 11 is 0. The van der Waals surface area contributed by atoms with Gasteiger partial charge in [0.1, 0.15) is 11.8 Å². The van der Waals surface area contributed by atoms with Crippen molar-refractivity contribution >= 4 is 17.3 Å². The van der Waals surface area contributed by atoms with Crippen molar-refractivity contribution in [2.75, 3.05) is 11.5 Å². The van der Waals surface area contributed by atoms with Gasteiger partial charge in [-0.2, -0.15) is 5.26 Å². The largest absolute Gasteiger partial charge is 0.477 e. The van der Waals surface area contributed by atoms with E-state index >= 15 is 0 Å². The van der Waals surface area contributed by atoms with Crippen molar-refractivity contribution < 1.29 is 9.53 Å². The van der Waals surface area contributed by atoms with Crippen molar-refractivity contribution in [3.63, 3.8) is 0 Å². The molecule has 1 aliphatic rings. The highest BCUT2D eigenvalue weighted by Crippen LogP contribution is 2.39. The van der Waals surface area contributed by atoms with Gasteiger partial charge >= 0.3 is 0 Å². The van der Waals surface area contributed by atoms with E-state index in [0.29, 0.717) is 22.7 Å². The van der Waals surface area contributed by atoms with Gasteiger partial charge in [0, 0.05) is 11.1 Å². The summed E-state index contributed by atoms with van der Waals surface area (Å²) in [4.78, 5) is 14.1. The maximum atomic E-state index is 12.6. The molecule has 0 unspecified atom stereocenters. The molecular formula is C17H12N2O2. The highest BCUT2D eigenvalue weighted by Gasteiger charge is 2.33. The number of hydrogen-bond acceptors (Lipinski definition) is 3. The Balaban J connectivity index is 2.06. The summed E-state index contributed by atoms with van der Waals surface area (Å²) in [7, 11) is 0. The fourth-order valence-electron chi connectivity index (χ4n) is 2.41. The molecule has 0 N–H and O–H groups in total. The molecule has 3 rings (SSSR count). The van der Waals surface area contributed by atoms with E-state index in [1.165, 1.54) is 4.90 Å². The van der Waals surface area contributed by atoms with Gasteiger partial charge in [0.2, 0.25) is 0 Å². The summed E-state index contributed by atoms with van der Waals surface area (Å²) in [6.07, 6.45) is 0. The zero-order valence-electron chi connectivity index (χ0n) is 11.2. The standard InChI is InChI=1S/C17H12N2O2/c1-12-13-6-2-3-7-14(13)17(20)19(12)15-8-4-5-9-16(15)21-11-10-18/h2-9H,1,11H2. The molecule has 0 fully saturated rings. The molecule has 0 saturated heterocycles. The Kier molecular flexibility index (Phi) is 3.17. The highest BCUT2D eigenvalue weighted by molar-refractivity contribution is 6.22. The molecule has 0 spiro atoms. The third kappa shape index (κ3) is 2.05. The van der Waals surface area contributed by atoms with Gasteiger partial charge in [-0.3, -0.25) is 9.69 Å². The van der Waals surface area contributed by atoms with Crippen LogP contribution in [-0.2, 0) is 0 Å². The van der Waals surface area contributed by atoms with E-state index in [4.69, 9.17) is 10.00 Å². The van der Waals surface area contributed by atoms with Gasteiger partial charge in [-0.15, -0.1) is 0 Å². The van der Waals surface area contributed by atoms with E-state index in [0.717, 1.165) is 5.56 Å². The third-order valence-corrected chi connectivity index (χ3v) is 3.34. The molecule has 21 heavy (non-hydrogen) atoms. The fourth-order valence-corrected chi connectivity index (χ4v) is 2.41. The topological polar surface area (TPSA) is 53.3 Å². The van der Waals surface area contributed by atoms with E-state index in [9.17, 15) is 4.79 Å². The molecule has 102 valence electrons. The lowest BCUT2D eigenvalue weighted by molar-refractivity contribution is 0.101. The molecular weight excluding hydrogens is 264 g/mol. The Morgan fingerprint density at radius 3 is 2.48 bits per heavy atom. The number of rotatable bonds is 3. The number of nitrogens with zero attached hydrogens (tertiary/aromatic N) is 2. The van der Waals surface area contributed by atoms with Crippen LogP contribution in [0.25, 0.3) is 5.70 Å². The lowest BCUT2D eigenvalue weighted by Crippen LogP contribution is -2.22. The van der Waals surface area contributed by atoms with Crippen molar-refractivity contribution in [3.05, 3.63) is 66.2 Å². The molecule has 2 aromatic carbocycles. The van der Waals surface area contributed by atoms with Crippen LogP contribution in [-0.4, -0.2) is 12.5 Å². The molecule has 1 heterocycles. The number of carbonyl (C=O) groups is 1. The molecule has 4 nitrogen and oxygen atoms in total. The summed E-state index contributed by atoms with van der Waals surface area (Å²) in [5.74, 6) is 0.352. The number of nitriles is 1. The highest BCUT2D eigenvalue weighted by atomic mass is 16.5. The Hall–Kier alpha value is -3.06. The SMILES string of the molecule is C=C1c2ccccc2C(=O)N1c1ccccc1OCC#N. The predicted octanol–water partition coefficient (Wildman–Crippen LogP) is 3.22. The lowest BCUT2D eigenvalue weighted by Gasteiger charge is -2.20. The van der Waals surface area contributed by atoms with E-state index < -0.39 is 0 Å². The average Bonchev–Trinajstić information content (AvgIpc) is 2.78. The van der Waals surface area contributed by atoms with Crippen molar-refractivity contribution in [2.24, 2.45) is 0 Å². The third-order valence-electron chi connectivity index (χ3n) is 3.34. The zero-order chi connectivity index (χ0) is 14.8. The minimum Gasteiger partial charge on any atom is -0.477 e. The molecule has 0 aliphatic carbocycles. The average molecular weight is 276 g/mol. The minimum atomic E-state index is -0.136. The number of hydrogen-bond donors (Lipinski definition) is 0. The molecule has 0 aromatic heterocycles. The number of benzene rings is 2. The monoisotopic (exact) mass is 276 g/mol. The molecule has 1 aliphatic heterocycles. The fraction of sp³-hybridized carbons (Fsp3) is 0.0588. The molecule has 0 radical (unpaired) electrons. The lowest BCUT2D eigenvalue weighted by atomic mass is 10.1. The first-order valence-corrected chi connectivity index (χ1v) is 6.45. The second-order valence-corrected chi connectivity index (χ2v) is 4.55. The molecule has 0 bridgehead atoms. The van der Waals surface area contributed by atoms with E-state index in [-0.39, 0.29) is 12.5 Å². The molecule has 2 aromatic rings. The van der Waals surface area contributed by atoms with Crippen LogP contribution in [0.5, 0.6) is 5.75 Å². The van der Waals surface area contributed by atoms with Gasteiger partial charge in [0.05, 0.1) is 11.4 Å². The maximum Gasteiger partial charge on any atom is 0.263 e. The number of carbonyl (C=O) groups excluding carboxylic acids is 1. The van der Waals surface area contributed by atoms with Crippen LogP contribution in [0.4, 0.5) is 5.69 Å². The van der Waals surface area contributed by atoms with Crippen molar-refractivity contribution in [1.82, 2.24) is 0 Å². The van der Waals surface area contributed by atoms with E-state index in [2.05, 4.69) is 6.58 Å². The van der Waals surface area contributed by atoms with Crippen molar-refractivity contribution in [2.45, 2.75) is 0 Å². The molecule has 4 heteroatoms. The van der Waals surface area contributed by atoms with Gasteiger partial charge in [-0.05, 0) is 18.2 Å². The molecule has 1 amide bonds. The second kappa shape index (κ2) is 5.14. The van der Waals surface area contributed by atoms with Crippen LogP contribution >= 0.6 is 0 Å². The van der Waals surface area contributed by atoms with Gasteiger partial charge in [-0.25, -0.2) is 0 Å². The summed E-state index contributed by atoms with van der Waals surface area (Å²) in [6, 6.07) is 16.4. The Morgan fingerprint density at radius 1 is 1.10 bits per heavy atom. The smallest absolute Gasteiger partial charge is 0.263 e. The number of fused-ring (bicyclic) bond motifs is 1. The first-order chi connectivity index (χ1) is 10.2. The maximum absolute atomic E-state index is 12.6. The summed E-state index contributed by atoms with van der Waals surface area (Å²) in [5, 5.41) is 8.66. The first kappa shape index (κ1) is 12.9. The summed E-state index contributed by atoms with van der Waals surface area (Å²) in [6.45, 7) is 3.94. The minimum absolute atomic E-state index is 0.0710. The number of ether oxygens (including phenoxy) is 1. The van der Waals surface area contributed by atoms with Crippen molar-refractivity contribution in [1.29, 1.82) is 5.26 Å². The summed E-state index contributed by atoms with van der Waals surface area (Å²) in [5.41, 5.74) is 2.65. The van der Waals surface area contributed by atoms with Crippen molar-refractivity contribution in [3.8, 4) is 11.8 Å².